The Morgan fingerprint density at radius 1 is 1.00 bits per heavy atom. The fourth-order valence-electron chi connectivity index (χ4n) is 2.37. The van der Waals surface area contributed by atoms with Crippen LogP contribution in [-0.4, -0.2) is 26.3 Å². The number of rotatable bonds is 5. The summed E-state index contributed by atoms with van der Waals surface area (Å²) in [6.07, 6.45) is 0. The van der Waals surface area contributed by atoms with Gasteiger partial charge in [-0.25, -0.2) is 9.89 Å². The summed E-state index contributed by atoms with van der Waals surface area (Å²) in [5.74, 6) is -0.209. The molecule has 0 fully saturated rings. The fraction of sp³-hybridized carbons (Fsp3) is 0.111. The molecule has 2 aromatic carbocycles. The van der Waals surface area contributed by atoms with Gasteiger partial charge < -0.3 is 0 Å². The van der Waals surface area contributed by atoms with E-state index in [1.807, 2.05) is 60.7 Å². The smallest absolute Gasteiger partial charge is 0.280 e. The van der Waals surface area contributed by atoms with Crippen LogP contribution in [0.1, 0.15) is 6.92 Å². The zero-order valence-electron chi connectivity index (χ0n) is 13.9. The van der Waals surface area contributed by atoms with Crippen molar-refractivity contribution in [1.82, 2.24) is 15.2 Å². The van der Waals surface area contributed by atoms with Gasteiger partial charge in [-0.1, -0.05) is 48.2 Å². The molecular formula is C18H16N4O3S. The standard InChI is InChI=1S/C18H16N4O3S/c1-12(26-16-15(23)19-18(25)21-20-16)17(24)22(13-8-4-2-5-9-13)14-10-6-3-7-11-14/h2-12H,1H3,(H2,19,21,23,25). The number of anilines is 2. The minimum absolute atomic E-state index is 0.0338. The van der Waals surface area contributed by atoms with Crippen molar-refractivity contribution >= 4 is 29.0 Å². The molecule has 2 N–H and O–H groups in total. The molecule has 1 heterocycles. The number of para-hydroxylation sites is 2. The molecule has 1 unspecified atom stereocenters. The van der Waals surface area contributed by atoms with Gasteiger partial charge in [-0.05, 0) is 31.2 Å². The number of aromatic amines is 2. The molecular weight excluding hydrogens is 352 g/mol. The van der Waals surface area contributed by atoms with Crippen molar-refractivity contribution in [3.63, 3.8) is 0 Å². The van der Waals surface area contributed by atoms with Gasteiger partial charge in [0.2, 0.25) is 5.91 Å². The summed E-state index contributed by atoms with van der Waals surface area (Å²) in [6.45, 7) is 1.69. The number of hydrogen-bond acceptors (Lipinski definition) is 5. The molecule has 1 atom stereocenters. The summed E-state index contributed by atoms with van der Waals surface area (Å²) < 4.78 is 0. The molecule has 0 aliphatic carbocycles. The Kier molecular flexibility index (Phi) is 5.33. The van der Waals surface area contributed by atoms with Crippen molar-refractivity contribution in [3.8, 4) is 0 Å². The van der Waals surface area contributed by atoms with E-state index in [4.69, 9.17) is 0 Å². The van der Waals surface area contributed by atoms with Gasteiger partial charge in [0.25, 0.3) is 5.56 Å². The van der Waals surface area contributed by atoms with Crippen molar-refractivity contribution in [1.29, 1.82) is 0 Å². The molecule has 1 aromatic heterocycles. The van der Waals surface area contributed by atoms with Crippen LogP contribution < -0.4 is 16.1 Å². The molecule has 132 valence electrons. The molecule has 0 spiro atoms. The SMILES string of the molecule is CC(Sc1n[nH]c(=O)[nH]c1=O)C(=O)N(c1ccccc1)c1ccccc1. The maximum atomic E-state index is 13.1. The van der Waals surface area contributed by atoms with Crippen molar-refractivity contribution in [2.24, 2.45) is 0 Å². The first-order chi connectivity index (χ1) is 12.6. The average molecular weight is 368 g/mol. The van der Waals surface area contributed by atoms with Gasteiger partial charge in [0.05, 0.1) is 5.25 Å². The van der Waals surface area contributed by atoms with E-state index >= 15 is 0 Å². The summed E-state index contributed by atoms with van der Waals surface area (Å²) in [7, 11) is 0. The predicted octanol–water partition coefficient (Wildman–Crippen LogP) is 2.30. The van der Waals surface area contributed by atoms with Crippen LogP contribution in [0, 0.1) is 0 Å². The van der Waals surface area contributed by atoms with Crippen LogP contribution in [0.5, 0.6) is 0 Å². The Morgan fingerprint density at radius 2 is 1.54 bits per heavy atom. The number of carbonyl (C=O) groups excluding carboxylic acids is 1. The number of aromatic nitrogens is 3. The second-order valence-corrected chi connectivity index (χ2v) is 6.75. The van der Waals surface area contributed by atoms with Crippen LogP contribution >= 0.6 is 11.8 Å². The highest BCUT2D eigenvalue weighted by Crippen LogP contribution is 2.29. The van der Waals surface area contributed by atoms with Crippen molar-refractivity contribution in [3.05, 3.63) is 81.5 Å². The number of carbonyl (C=O) groups is 1. The van der Waals surface area contributed by atoms with E-state index in [-0.39, 0.29) is 10.9 Å². The van der Waals surface area contributed by atoms with E-state index in [2.05, 4.69) is 15.2 Å². The van der Waals surface area contributed by atoms with E-state index in [0.717, 1.165) is 23.1 Å². The lowest BCUT2D eigenvalue weighted by molar-refractivity contribution is -0.117. The average Bonchev–Trinajstić information content (AvgIpc) is 2.66. The third-order valence-electron chi connectivity index (χ3n) is 3.57. The quantitative estimate of drug-likeness (QED) is 0.673. The molecule has 0 aliphatic heterocycles. The van der Waals surface area contributed by atoms with Gasteiger partial charge in [-0.2, -0.15) is 5.10 Å². The topological polar surface area (TPSA) is 98.9 Å². The minimum atomic E-state index is -0.687. The molecule has 26 heavy (non-hydrogen) atoms. The van der Waals surface area contributed by atoms with Crippen LogP contribution in [0.3, 0.4) is 0 Å². The van der Waals surface area contributed by atoms with E-state index in [1.54, 1.807) is 11.8 Å². The molecule has 1 amide bonds. The van der Waals surface area contributed by atoms with Crippen LogP contribution in [0.4, 0.5) is 11.4 Å². The van der Waals surface area contributed by atoms with E-state index in [1.165, 1.54) is 0 Å². The zero-order valence-corrected chi connectivity index (χ0v) is 14.7. The lowest BCUT2D eigenvalue weighted by atomic mass is 10.2. The Morgan fingerprint density at radius 3 is 2.04 bits per heavy atom. The highest BCUT2D eigenvalue weighted by molar-refractivity contribution is 8.00. The second-order valence-electron chi connectivity index (χ2n) is 5.42. The summed E-state index contributed by atoms with van der Waals surface area (Å²) in [5, 5.41) is 5.32. The van der Waals surface area contributed by atoms with Crippen LogP contribution in [0.15, 0.2) is 75.3 Å². The maximum Gasteiger partial charge on any atom is 0.342 e. The molecule has 0 aliphatic rings. The zero-order chi connectivity index (χ0) is 18.5. The number of nitrogens with one attached hydrogen (secondary N) is 2. The number of H-pyrrole nitrogens is 2. The monoisotopic (exact) mass is 368 g/mol. The lowest BCUT2D eigenvalue weighted by Gasteiger charge is -2.25. The summed E-state index contributed by atoms with van der Waals surface area (Å²) in [6, 6.07) is 18.5. The number of benzene rings is 2. The Labute approximate surface area is 153 Å². The van der Waals surface area contributed by atoms with Gasteiger partial charge in [-0.15, -0.1) is 0 Å². The summed E-state index contributed by atoms with van der Waals surface area (Å²) >= 11 is 0.988. The van der Waals surface area contributed by atoms with Crippen molar-refractivity contribution in [2.75, 3.05) is 4.90 Å². The van der Waals surface area contributed by atoms with Crippen LogP contribution in [0.25, 0.3) is 0 Å². The summed E-state index contributed by atoms with van der Waals surface area (Å²) in [4.78, 5) is 39.7. The molecule has 3 aromatic rings. The number of hydrogen-bond donors (Lipinski definition) is 2. The molecule has 3 rings (SSSR count). The van der Waals surface area contributed by atoms with Crippen LogP contribution in [0.2, 0.25) is 0 Å². The molecule has 0 radical (unpaired) electrons. The predicted molar refractivity (Wildman–Crippen MR) is 101 cm³/mol. The van der Waals surface area contributed by atoms with Gasteiger partial charge in [0.1, 0.15) is 0 Å². The molecule has 8 heteroatoms. The lowest BCUT2D eigenvalue weighted by Crippen LogP contribution is -2.34. The largest absolute Gasteiger partial charge is 0.342 e. The van der Waals surface area contributed by atoms with Gasteiger partial charge >= 0.3 is 5.69 Å². The van der Waals surface area contributed by atoms with E-state index in [0.29, 0.717) is 0 Å². The van der Waals surface area contributed by atoms with E-state index < -0.39 is 16.5 Å². The molecule has 7 nitrogen and oxygen atoms in total. The minimum Gasteiger partial charge on any atom is -0.280 e. The van der Waals surface area contributed by atoms with E-state index in [9.17, 15) is 14.4 Å². The van der Waals surface area contributed by atoms with Crippen molar-refractivity contribution < 1.29 is 4.79 Å². The fourth-order valence-corrected chi connectivity index (χ4v) is 3.17. The van der Waals surface area contributed by atoms with Gasteiger partial charge in [0, 0.05) is 11.4 Å². The first kappa shape index (κ1) is 17.7. The maximum absolute atomic E-state index is 13.1. The summed E-state index contributed by atoms with van der Waals surface area (Å²) in [5.41, 5.74) is 0.136. The number of thioether (sulfide) groups is 1. The first-order valence-electron chi connectivity index (χ1n) is 7.86. The molecule has 0 saturated heterocycles. The Balaban J connectivity index is 1.92. The first-order valence-corrected chi connectivity index (χ1v) is 8.74. The Bertz CT molecular complexity index is 962. The van der Waals surface area contributed by atoms with Gasteiger partial charge in [-0.3, -0.25) is 19.5 Å². The third-order valence-corrected chi connectivity index (χ3v) is 4.62. The molecule has 0 bridgehead atoms. The number of amides is 1. The second kappa shape index (κ2) is 7.83. The molecule has 0 saturated carbocycles. The Hall–Kier alpha value is -3.13. The normalized spacial score (nSPS) is 11.7. The van der Waals surface area contributed by atoms with Crippen LogP contribution in [-0.2, 0) is 4.79 Å². The van der Waals surface area contributed by atoms with Crippen molar-refractivity contribution in [2.45, 2.75) is 17.2 Å². The van der Waals surface area contributed by atoms with Gasteiger partial charge in [0.15, 0.2) is 5.03 Å². The highest BCUT2D eigenvalue weighted by atomic mass is 32.2. The third kappa shape index (κ3) is 3.92. The number of nitrogens with zero attached hydrogens (tertiary/aromatic N) is 2. The highest BCUT2D eigenvalue weighted by Gasteiger charge is 2.25.